The summed E-state index contributed by atoms with van der Waals surface area (Å²) in [5, 5.41) is 10.8. The largest absolute Gasteiger partial charge is 0.493 e. The second kappa shape index (κ2) is 14.3. The van der Waals surface area contributed by atoms with Crippen LogP contribution in [0.5, 0.6) is 23.0 Å². The van der Waals surface area contributed by atoms with Crippen LogP contribution in [0.15, 0.2) is 53.6 Å². The molecule has 2 radical (unpaired) electrons. The summed E-state index contributed by atoms with van der Waals surface area (Å²) in [4.78, 5) is 36.1. The molecule has 3 aliphatic heterocycles. The van der Waals surface area contributed by atoms with Crippen molar-refractivity contribution < 1.29 is 33.6 Å². The molecule has 2 aromatic carbocycles. The second-order valence-corrected chi connectivity index (χ2v) is 11.8. The minimum atomic E-state index is -0.916. The van der Waals surface area contributed by atoms with Crippen molar-refractivity contribution in [3.63, 3.8) is 0 Å². The molecule has 1 saturated heterocycles. The number of amides is 2. The van der Waals surface area contributed by atoms with E-state index >= 15 is 0 Å². The Kier molecular flexibility index (Phi) is 10.3. The van der Waals surface area contributed by atoms with Gasteiger partial charge in [-0.3, -0.25) is 14.6 Å². The number of aliphatic imine (C=N–C) groups is 1. The van der Waals surface area contributed by atoms with Crippen LogP contribution in [0.3, 0.4) is 0 Å². The number of likely N-dealkylation sites (N-methyl/N-ethyl adjacent to an activating group) is 1. The molecule has 1 unspecified atom stereocenters. The Morgan fingerprint density at radius 1 is 0.978 bits per heavy atom. The molecule has 5 rings (SSSR count). The zero-order chi connectivity index (χ0) is 33.0. The Bertz CT molecular complexity index is 1540. The van der Waals surface area contributed by atoms with Crippen molar-refractivity contribution in [1.82, 2.24) is 9.80 Å². The van der Waals surface area contributed by atoms with Crippen LogP contribution in [0, 0.1) is 0 Å². The maximum Gasteiger partial charge on any atom is 0.257 e. The zero-order valence-electron chi connectivity index (χ0n) is 26.8. The van der Waals surface area contributed by atoms with Crippen molar-refractivity contribution in [2.45, 2.75) is 44.3 Å². The zero-order valence-corrected chi connectivity index (χ0v) is 26.8. The smallest absolute Gasteiger partial charge is 0.257 e. The maximum absolute atomic E-state index is 13.4. The van der Waals surface area contributed by atoms with Gasteiger partial charge in [0.05, 0.1) is 70.4 Å². The number of hydrogen-bond donors (Lipinski definition) is 1. The normalized spacial score (nSPS) is 18.9. The van der Waals surface area contributed by atoms with Crippen LogP contribution < -0.4 is 23.8 Å². The number of methoxy groups -OCH3 is 2. The topological polar surface area (TPSA) is 113 Å². The first kappa shape index (κ1) is 32.9. The lowest BCUT2D eigenvalue weighted by Gasteiger charge is -2.27. The number of carbonyl (C=O) groups excluding carboxylic acids is 2. The van der Waals surface area contributed by atoms with Crippen LogP contribution in [0.4, 0.5) is 11.4 Å². The van der Waals surface area contributed by atoms with E-state index in [1.165, 1.54) is 7.11 Å². The summed E-state index contributed by atoms with van der Waals surface area (Å²) in [6.07, 6.45) is 4.20. The van der Waals surface area contributed by atoms with Crippen LogP contribution in [0.25, 0.3) is 0 Å². The Balaban J connectivity index is 1.16. The summed E-state index contributed by atoms with van der Waals surface area (Å²) in [5.41, 5.74) is 3.72. The van der Waals surface area contributed by atoms with Crippen LogP contribution >= 0.6 is 0 Å². The molecule has 0 aromatic heterocycles. The van der Waals surface area contributed by atoms with Crippen molar-refractivity contribution in [3.05, 3.63) is 59.7 Å². The monoisotopic (exact) mass is 628 g/mol. The van der Waals surface area contributed by atoms with Gasteiger partial charge in [0.1, 0.15) is 6.23 Å². The van der Waals surface area contributed by atoms with Crippen LogP contribution in [-0.2, 0) is 0 Å². The molecule has 0 spiro atoms. The Labute approximate surface area is 271 Å². The molecule has 11 nitrogen and oxygen atoms in total. The number of hydrogen-bond acceptors (Lipinski definition) is 9. The third-order valence-electron chi connectivity index (χ3n) is 8.47. The number of ether oxygens (including phenoxy) is 4. The molecule has 242 valence electrons. The predicted octanol–water partition coefficient (Wildman–Crippen LogP) is 4.17. The van der Waals surface area contributed by atoms with Gasteiger partial charge in [-0.05, 0) is 37.8 Å². The first-order chi connectivity index (χ1) is 22.1. The molecule has 1 N–H and O–H groups in total. The van der Waals surface area contributed by atoms with Crippen molar-refractivity contribution in [3.8, 4) is 23.0 Å². The lowest BCUT2D eigenvalue weighted by atomic mass is 9.97. The molecule has 2 amide bonds. The summed E-state index contributed by atoms with van der Waals surface area (Å²) in [6.45, 7) is 9.70. The number of aliphatic hydroxyl groups is 1. The van der Waals surface area contributed by atoms with E-state index in [1.807, 2.05) is 6.21 Å². The van der Waals surface area contributed by atoms with Gasteiger partial charge in [0, 0.05) is 38.5 Å². The Morgan fingerprint density at radius 3 is 2.28 bits per heavy atom. The molecule has 12 heteroatoms. The molecular formula is C34H41BN4O7. The van der Waals surface area contributed by atoms with Gasteiger partial charge in [-0.2, -0.15) is 0 Å². The predicted molar refractivity (Wildman–Crippen MR) is 178 cm³/mol. The number of benzene rings is 2. The van der Waals surface area contributed by atoms with Gasteiger partial charge < -0.3 is 38.8 Å². The van der Waals surface area contributed by atoms with E-state index in [4.69, 9.17) is 26.8 Å². The van der Waals surface area contributed by atoms with Crippen LogP contribution in [0.1, 0.15) is 46.4 Å². The Morgan fingerprint density at radius 2 is 1.63 bits per heavy atom. The first-order valence-electron chi connectivity index (χ1n) is 15.4. The van der Waals surface area contributed by atoms with Gasteiger partial charge in [-0.15, -0.1) is 0 Å². The molecule has 0 bridgehead atoms. The summed E-state index contributed by atoms with van der Waals surface area (Å²) in [7, 11) is 10.5. The van der Waals surface area contributed by atoms with Crippen LogP contribution in [-0.4, -0.2) is 107 Å². The van der Waals surface area contributed by atoms with Gasteiger partial charge in [-0.25, -0.2) is 0 Å². The molecule has 2 aromatic rings. The van der Waals surface area contributed by atoms with E-state index in [-0.39, 0.29) is 37.3 Å². The quantitative estimate of drug-likeness (QED) is 0.200. The fourth-order valence-electron chi connectivity index (χ4n) is 5.84. The minimum Gasteiger partial charge on any atom is -0.493 e. The van der Waals surface area contributed by atoms with Crippen LogP contribution in [0.2, 0.25) is 6.32 Å². The van der Waals surface area contributed by atoms with E-state index in [1.54, 1.807) is 53.1 Å². The second-order valence-electron chi connectivity index (χ2n) is 11.8. The van der Waals surface area contributed by atoms with Gasteiger partial charge in [-0.1, -0.05) is 30.6 Å². The number of carbonyl (C=O) groups is 2. The highest BCUT2D eigenvalue weighted by molar-refractivity contribution is 6.10. The van der Waals surface area contributed by atoms with Gasteiger partial charge in [0.2, 0.25) is 0 Å². The first-order valence-corrected chi connectivity index (χ1v) is 15.4. The molecule has 3 heterocycles. The van der Waals surface area contributed by atoms with E-state index in [9.17, 15) is 14.7 Å². The average molecular weight is 629 g/mol. The van der Waals surface area contributed by atoms with Crippen molar-refractivity contribution in [1.29, 1.82) is 0 Å². The van der Waals surface area contributed by atoms with Gasteiger partial charge in [0.25, 0.3) is 11.8 Å². The lowest BCUT2D eigenvalue weighted by Crippen LogP contribution is -2.41. The molecule has 1 fully saturated rings. The average Bonchev–Trinajstić information content (AvgIpc) is 3.35. The molecule has 3 aliphatic rings. The van der Waals surface area contributed by atoms with E-state index in [2.05, 4.69) is 18.2 Å². The highest BCUT2D eigenvalue weighted by atomic mass is 16.5. The maximum atomic E-state index is 13.4. The standard InChI is InChI=1S/C34H41BN4O7/c1-21-11-23-17-36-26-14-30(28(43-4)12-24(26)34(42)39(23)19-21)45-9-7-6-8-10-46-31-15-27-25(13-29(31)44-5)33(41)38(18-22(2)16-35)20-32(40)37(27)3/h12-15,17,23,32,40H,1-2,6-11,16,18-20H2,3-5H3/t23?,32-/m0/s1. The fourth-order valence-corrected chi connectivity index (χ4v) is 5.84. The lowest BCUT2D eigenvalue weighted by molar-refractivity contribution is 0.0671. The summed E-state index contributed by atoms with van der Waals surface area (Å²) < 4.78 is 23.2. The number of β-amino-alcohol motifs (C(OH)–C–C–N with tert-alkyl or cyclic N) is 1. The molecule has 2 atom stereocenters. The van der Waals surface area contributed by atoms with Gasteiger partial charge >= 0.3 is 0 Å². The number of nitrogens with zero attached hydrogens (tertiary/aromatic N) is 4. The van der Waals surface area contributed by atoms with E-state index in [0.717, 1.165) is 31.3 Å². The summed E-state index contributed by atoms with van der Waals surface area (Å²) in [6, 6.07) is 6.77. The van der Waals surface area contributed by atoms with Crippen molar-refractivity contribution in [2.24, 2.45) is 4.99 Å². The van der Waals surface area contributed by atoms with E-state index in [0.29, 0.717) is 70.8 Å². The third kappa shape index (κ3) is 6.86. The molecule has 0 saturated carbocycles. The summed E-state index contributed by atoms with van der Waals surface area (Å²) >= 11 is 0. The Hall–Kier alpha value is -4.45. The number of fused-ring (bicyclic) bond motifs is 3. The number of unbranched alkanes of at least 4 members (excludes halogenated alkanes) is 2. The van der Waals surface area contributed by atoms with Crippen molar-refractivity contribution >= 4 is 37.3 Å². The van der Waals surface area contributed by atoms with Gasteiger partial charge in [0.15, 0.2) is 23.0 Å². The summed E-state index contributed by atoms with van der Waals surface area (Å²) in [5.74, 6) is 1.61. The van der Waals surface area contributed by atoms with E-state index < -0.39 is 6.23 Å². The molecule has 46 heavy (non-hydrogen) atoms. The highest BCUT2D eigenvalue weighted by Crippen LogP contribution is 2.39. The number of rotatable bonds is 13. The molecular weight excluding hydrogens is 587 g/mol. The fraction of sp³-hybridized carbons (Fsp3) is 0.441. The number of aliphatic hydroxyl groups excluding tert-OH is 1. The SMILES string of the molecule is [B]CC(=C)CN1C[C@H](O)N(C)c2cc(OCCCCCOc3cc4c(cc3OC)C(=O)N3CC(=C)CC3C=N4)c(OC)cc2C1=O. The number of anilines is 1. The highest BCUT2D eigenvalue weighted by Gasteiger charge is 2.34. The third-order valence-corrected chi connectivity index (χ3v) is 8.47. The minimum absolute atomic E-state index is 0.0801. The van der Waals surface area contributed by atoms with Crippen molar-refractivity contribution in [2.75, 3.05) is 59.0 Å². The molecule has 0 aliphatic carbocycles.